The van der Waals surface area contributed by atoms with Gasteiger partial charge in [0, 0.05) is 0 Å². The molecule has 4 nitrogen and oxygen atoms in total. The summed E-state index contributed by atoms with van der Waals surface area (Å²) in [6.45, 7) is 1.35. The highest BCUT2D eigenvalue weighted by atomic mass is 32.2. The Kier molecular flexibility index (Phi) is 3.10. The third kappa shape index (κ3) is 2.30. The zero-order chi connectivity index (χ0) is 10.1. The Morgan fingerprint density at radius 3 is 2.69 bits per heavy atom. The quantitative estimate of drug-likeness (QED) is 0.609. The van der Waals surface area contributed by atoms with Crippen LogP contribution in [0.1, 0.15) is 13.3 Å². The van der Waals surface area contributed by atoms with Crippen LogP contribution in [0.2, 0.25) is 0 Å². The molecular weight excluding hydrogens is 192 g/mol. The molecule has 1 rings (SSSR count). The van der Waals surface area contributed by atoms with Crippen LogP contribution in [0, 0.1) is 0 Å². The Balaban J connectivity index is 2.73. The molecule has 1 aliphatic rings. The summed E-state index contributed by atoms with van der Waals surface area (Å²) in [7, 11) is -3.11. The Morgan fingerprint density at radius 2 is 2.31 bits per heavy atom. The molecule has 0 saturated heterocycles. The van der Waals surface area contributed by atoms with Crippen LogP contribution in [0.4, 0.5) is 0 Å². The number of hydrogen-bond donors (Lipinski definition) is 2. The van der Waals surface area contributed by atoms with E-state index in [4.69, 9.17) is 10.2 Å². The fourth-order valence-corrected chi connectivity index (χ4v) is 3.34. The number of sulfone groups is 1. The van der Waals surface area contributed by atoms with Crippen LogP contribution in [-0.4, -0.2) is 42.3 Å². The van der Waals surface area contributed by atoms with Crippen molar-refractivity contribution in [3.8, 4) is 0 Å². The molecule has 0 saturated carbocycles. The monoisotopic (exact) mass is 206 g/mol. The van der Waals surface area contributed by atoms with Crippen molar-refractivity contribution >= 4 is 9.84 Å². The van der Waals surface area contributed by atoms with Gasteiger partial charge in [0.25, 0.3) is 0 Å². The van der Waals surface area contributed by atoms with Gasteiger partial charge in [-0.2, -0.15) is 0 Å². The Bertz CT molecular complexity index is 304. The van der Waals surface area contributed by atoms with Gasteiger partial charge in [-0.1, -0.05) is 11.6 Å². The van der Waals surface area contributed by atoms with Gasteiger partial charge in [-0.25, -0.2) is 8.42 Å². The van der Waals surface area contributed by atoms with Crippen molar-refractivity contribution in [2.24, 2.45) is 0 Å². The molecule has 5 heteroatoms. The lowest BCUT2D eigenvalue weighted by atomic mass is 10.1. The van der Waals surface area contributed by atoms with E-state index in [1.807, 2.05) is 0 Å². The molecule has 0 aromatic rings. The lowest BCUT2D eigenvalue weighted by Gasteiger charge is -2.14. The molecule has 13 heavy (non-hydrogen) atoms. The van der Waals surface area contributed by atoms with Gasteiger partial charge in [0.15, 0.2) is 9.84 Å². The van der Waals surface area contributed by atoms with E-state index in [1.165, 1.54) is 0 Å². The first-order valence-corrected chi connectivity index (χ1v) is 5.86. The molecule has 76 valence electrons. The summed E-state index contributed by atoms with van der Waals surface area (Å²) in [5.74, 6) is 0.0572. The Morgan fingerprint density at radius 1 is 1.69 bits per heavy atom. The van der Waals surface area contributed by atoms with Crippen molar-refractivity contribution in [2.45, 2.75) is 24.7 Å². The fourth-order valence-electron chi connectivity index (χ4n) is 1.43. The average molecular weight is 206 g/mol. The standard InChI is InChI=1S/C8H14O4S/c1-6-2-3-13(11,12)8(6)4-7(10)5-9/h2,7-10H,3-5H2,1H3. The maximum absolute atomic E-state index is 11.4. The summed E-state index contributed by atoms with van der Waals surface area (Å²) in [5, 5.41) is 17.1. The van der Waals surface area contributed by atoms with Crippen molar-refractivity contribution < 1.29 is 18.6 Å². The molecule has 0 fully saturated rings. The second kappa shape index (κ2) is 3.77. The lowest BCUT2D eigenvalue weighted by molar-refractivity contribution is 0.0892. The molecule has 0 radical (unpaired) electrons. The smallest absolute Gasteiger partial charge is 0.160 e. The van der Waals surface area contributed by atoms with Gasteiger partial charge in [-0.15, -0.1) is 0 Å². The van der Waals surface area contributed by atoms with E-state index in [9.17, 15) is 8.42 Å². The van der Waals surface area contributed by atoms with Crippen LogP contribution in [0.5, 0.6) is 0 Å². The van der Waals surface area contributed by atoms with E-state index >= 15 is 0 Å². The zero-order valence-electron chi connectivity index (χ0n) is 7.47. The second-order valence-corrected chi connectivity index (χ2v) is 5.57. The highest BCUT2D eigenvalue weighted by Crippen LogP contribution is 2.24. The van der Waals surface area contributed by atoms with E-state index in [1.54, 1.807) is 13.0 Å². The zero-order valence-corrected chi connectivity index (χ0v) is 8.29. The average Bonchev–Trinajstić information content (AvgIpc) is 2.31. The summed E-state index contributed by atoms with van der Waals surface area (Å²) in [5.41, 5.74) is 0.771. The van der Waals surface area contributed by atoms with Crippen LogP contribution in [-0.2, 0) is 9.84 Å². The largest absolute Gasteiger partial charge is 0.394 e. The number of aliphatic hydroxyl groups is 2. The summed E-state index contributed by atoms with van der Waals surface area (Å²) in [6, 6.07) is 0. The van der Waals surface area contributed by atoms with Crippen LogP contribution >= 0.6 is 0 Å². The maximum atomic E-state index is 11.4. The summed E-state index contributed by atoms with van der Waals surface area (Å²) in [4.78, 5) is 0. The third-order valence-electron chi connectivity index (χ3n) is 2.28. The second-order valence-electron chi connectivity index (χ2n) is 3.34. The fraction of sp³-hybridized carbons (Fsp3) is 0.750. The molecule has 1 aliphatic heterocycles. The summed E-state index contributed by atoms with van der Waals surface area (Å²) < 4.78 is 22.8. The molecule has 2 N–H and O–H groups in total. The number of hydrogen-bond acceptors (Lipinski definition) is 4. The topological polar surface area (TPSA) is 74.6 Å². The summed E-state index contributed by atoms with van der Waals surface area (Å²) in [6.07, 6.45) is 0.812. The van der Waals surface area contributed by atoms with Crippen molar-refractivity contribution in [1.82, 2.24) is 0 Å². The molecule has 0 aromatic heterocycles. The van der Waals surface area contributed by atoms with E-state index in [-0.39, 0.29) is 18.8 Å². The lowest BCUT2D eigenvalue weighted by Crippen LogP contribution is -2.26. The number of aliphatic hydroxyl groups excluding tert-OH is 2. The molecule has 0 bridgehead atoms. The van der Waals surface area contributed by atoms with Gasteiger partial charge >= 0.3 is 0 Å². The highest BCUT2D eigenvalue weighted by molar-refractivity contribution is 7.92. The Hall–Kier alpha value is -0.390. The first kappa shape index (κ1) is 10.7. The predicted octanol–water partition coefficient (Wildman–Crippen LogP) is -0.527. The minimum absolute atomic E-state index is 0.0572. The van der Waals surface area contributed by atoms with Crippen molar-refractivity contribution in [3.63, 3.8) is 0 Å². The molecule has 0 aromatic carbocycles. The Labute approximate surface area is 77.8 Å². The molecule has 0 aliphatic carbocycles. The van der Waals surface area contributed by atoms with Gasteiger partial charge in [-0.3, -0.25) is 0 Å². The normalized spacial score (nSPS) is 28.5. The van der Waals surface area contributed by atoms with Crippen LogP contribution in [0.3, 0.4) is 0 Å². The maximum Gasteiger partial charge on any atom is 0.160 e. The van der Waals surface area contributed by atoms with E-state index < -0.39 is 21.2 Å². The number of rotatable bonds is 3. The van der Waals surface area contributed by atoms with E-state index in [0.717, 1.165) is 5.57 Å². The molecule has 2 unspecified atom stereocenters. The highest BCUT2D eigenvalue weighted by Gasteiger charge is 2.32. The third-order valence-corrected chi connectivity index (χ3v) is 4.34. The minimum Gasteiger partial charge on any atom is -0.394 e. The molecule has 0 amide bonds. The summed E-state index contributed by atoms with van der Waals surface area (Å²) >= 11 is 0. The van der Waals surface area contributed by atoms with Crippen molar-refractivity contribution in [1.29, 1.82) is 0 Å². The van der Waals surface area contributed by atoms with Crippen molar-refractivity contribution in [3.05, 3.63) is 11.6 Å². The van der Waals surface area contributed by atoms with Crippen LogP contribution in [0.25, 0.3) is 0 Å². The molecule has 2 atom stereocenters. The van der Waals surface area contributed by atoms with Gasteiger partial charge in [0.05, 0.1) is 23.7 Å². The van der Waals surface area contributed by atoms with E-state index in [0.29, 0.717) is 0 Å². The van der Waals surface area contributed by atoms with Crippen LogP contribution < -0.4 is 0 Å². The first-order valence-electron chi connectivity index (χ1n) is 4.14. The first-order chi connectivity index (χ1) is 5.97. The molecule has 0 spiro atoms. The van der Waals surface area contributed by atoms with Gasteiger partial charge in [0.2, 0.25) is 0 Å². The van der Waals surface area contributed by atoms with Crippen molar-refractivity contribution in [2.75, 3.05) is 12.4 Å². The van der Waals surface area contributed by atoms with Gasteiger partial charge < -0.3 is 10.2 Å². The van der Waals surface area contributed by atoms with Crippen LogP contribution in [0.15, 0.2) is 11.6 Å². The van der Waals surface area contributed by atoms with Gasteiger partial charge in [0.1, 0.15) is 0 Å². The van der Waals surface area contributed by atoms with Gasteiger partial charge in [-0.05, 0) is 13.3 Å². The molecular formula is C8H14O4S. The minimum atomic E-state index is -3.11. The van der Waals surface area contributed by atoms with E-state index in [2.05, 4.69) is 0 Å². The SMILES string of the molecule is CC1=CCS(=O)(=O)C1CC(O)CO. The predicted molar refractivity (Wildman–Crippen MR) is 49.0 cm³/mol. The molecule has 1 heterocycles.